The van der Waals surface area contributed by atoms with Gasteiger partial charge in [-0.05, 0) is 37.1 Å². The summed E-state index contributed by atoms with van der Waals surface area (Å²) in [6.45, 7) is 0. The second kappa shape index (κ2) is 5.12. The molecule has 0 amide bonds. The first-order valence-electron chi connectivity index (χ1n) is 6.58. The van der Waals surface area contributed by atoms with Gasteiger partial charge in [-0.2, -0.15) is 0 Å². The maximum absolute atomic E-state index is 12.4. The molecule has 0 spiro atoms. The molecule has 0 saturated heterocycles. The molecule has 1 aliphatic carbocycles. The van der Waals surface area contributed by atoms with Gasteiger partial charge in [0.15, 0.2) is 0 Å². The molecule has 0 unspecified atom stereocenters. The van der Waals surface area contributed by atoms with Crippen LogP contribution in [0.2, 0.25) is 5.15 Å². The predicted molar refractivity (Wildman–Crippen MR) is 81.3 cm³/mol. The van der Waals surface area contributed by atoms with E-state index >= 15 is 0 Å². The minimum absolute atomic E-state index is 0.199. The molecule has 0 bridgehead atoms. The smallest absolute Gasteiger partial charge is 0.243 e. The van der Waals surface area contributed by atoms with E-state index in [9.17, 15) is 8.42 Å². The van der Waals surface area contributed by atoms with Crippen LogP contribution >= 0.6 is 11.6 Å². The average Bonchev–Trinajstić information content (AvgIpc) is 3.22. The van der Waals surface area contributed by atoms with Gasteiger partial charge in [0.05, 0.1) is 11.0 Å². The lowest BCUT2D eigenvalue weighted by Crippen LogP contribution is -2.22. The minimum Gasteiger partial charge on any atom is -0.488 e. The number of halogens is 1. The van der Waals surface area contributed by atoms with Crippen molar-refractivity contribution >= 4 is 32.5 Å². The summed E-state index contributed by atoms with van der Waals surface area (Å²) in [6, 6.07) is 6.46. The Morgan fingerprint density at radius 3 is 2.57 bits per heavy atom. The van der Waals surface area contributed by atoms with Crippen LogP contribution in [-0.2, 0) is 10.0 Å². The number of sulfonamides is 1. The van der Waals surface area contributed by atoms with Gasteiger partial charge in [-0.1, -0.05) is 11.6 Å². The summed E-state index contributed by atoms with van der Waals surface area (Å²) in [5.41, 5.74) is 0.484. The Labute approximate surface area is 128 Å². The molecule has 21 heavy (non-hydrogen) atoms. The fraction of sp³-hybridized carbons (Fsp3) is 0.357. The van der Waals surface area contributed by atoms with E-state index in [0.29, 0.717) is 21.8 Å². The highest BCUT2D eigenvalue weighted by atomic mass is 35.5. The Hall–Kier alpha value is -1.37. The number of hydrogen-bond acceptors (Lipinski definition) is 4. The molecule has 3 rings (SSSR count). The van der Waals surface area contributed by atoms with E-state index in [0.717, 1.165) is 12.8 Å². The van der Waals surface area contributed by atoms with Gasteiger partial charge in [0, 0.05) is 19.5 Å². The zero-order chi connectivity index (χ0) is 15.2. The van der Waals surface area contributed by atoms with Crippen LogP contribution in [-0.4, -0.2) is 37.9 Å². The average molecular weight is 327 g/mol. The van der Waals surface area contributed by atoms with Crippen molar-refractivity contribution in [1.82, 2.24) is 9.29 Å². The van der Waals surface area contributed by atoms with Gasteiger partial charge in [0.1, 0.15) is 16.4 Å². The Morgan fingerprint density at radius 1 is 1.24 bits per heavy atom. The Morgan fingerprint density at radius 2 is 1.95 bits per heavy atom. The normalized spacial score (nSPS) is 15.6. The van der Waals surface area contributed by atoms with Crippen LogP contribution in [0.3, 0.4) is 0 Å². The van der Waals surface area contributed by atoms with Crippen LogP contribution < -0.4 is 4.74 Å². The standard InChI is InChI=1S/C14H15ClN2O3S/c1-17(2)21(18,19)12-7-6-11(20-9-3-4-9)14-10(12)5-8-13(15)16-14/h5-9H,3-4H2,1-2H3. The summed E-state index contributed by atoms with van der Waals surface area (Å²) >= 11 is 5.95. The van der Waals surface area contributed by atoms with E-state index in [1.165, 1.54) is 18.4 Å². The highest BCUT2D eigenvalue weighted by Crippen LogP contribution is 2.35. The third-order valence-electron chi connectivity index (χ3n) is 3.32. The number of nitrogens with zero attached hydrogens (tertiary/aromatic N) is 2. The molecule has 0 N–H and O–H groups in total. The number of pyridine rings is 1. The van der Waals surface area contributed by atoms with Crippen LogP contribution in [0.15, 0.2) is 29.2 Å². The second-order valence-corrected chi connectivity index (χ2v) is 7.70. The zero-order valence-corrected chi connectivity index (χ0v) is 13.3. The first-order valence-corrected chi connectivity index (χ1v) is 8.40. The van der Waals surface area contributed by atoms with Crippen molar-refractivity contribution in [3.05, 3.63) is 29.4 Å². The van der Waals surface area contributed by atoms with Crippen molar-refractivity contribution in [1.29, 1.82) is 0 Å². The fourth-order valence-electron chi connectivity index (χ4n) is 2.02. The number of benzene rings is 1. The molecule has 1 heterocycles. The van der Waals surface area contributed by atoms with Gasteiger partial charge in [-0.25, -0.2) is 17.7 Å². The Kier molecular flexibility index (Phi) is 3.55. The van der Waals surface area contributed by atoms with Crippen molar-refractivity contribution in [3.63, 3.8) is 0 Å². The van der Waals surface area contributed by atoms with E-state index in [4.69, 9.17) is 16.3 Å². The minimum atomic E-state index is -3.55. The Balaban J connectivity index is 2.24. The summed E-state index contributed by atoms with van der Waals surface area (Å²) in [5, 5.41) is 0.828. The molecule has 0 atom stereocenters. The molecule has 1 saturated carbocycles. The van der Waals surface area contributed by atoms with Gasteiger partial charge in [0.25, 0.3) is 0 Å². The lowest BCUT2D eigenvalue weighted by atomic mass is 10.2. The molecule has 5 nitrogen and oxygen atoms in total. The van der Waals surface area contributed by atoms with E-state index in [2.05, 4.69) is 4.98 Å². The molecular weight excluding hydrogens is 312 g/mol. The van der Waals surface area contributed by atoms with Crippen LogP contribution in [0.5, 0.6) is 5.75 Å². The van der Waals surface area contributed by atoms with Crippen molar-refractivity contribution in [3.8, 4) is 5.75 Å². The highest BCUT2D eigenvalue weighted by Gasteiger charge is 2.27. The molecule has 1 fully saturated rings. The molecule has 0 aliphatic heterocycles. The number of ether oxygens (including phenoxy) is 1. The van der Waals surface area contributed by atoms with Gasteiger partial charge in [-0.15, -0.1) is 0 Å². The van der Waals surface area contributed by atoms with Crippen LogP contribution in [0.1, 0.15) is 12.8 Å². The maximum Gasteiger partial charge on any atom is 0.243 e. The van der Waals surface area contributed by atoms with Gasteiger partial charge in [0.2, 0.25) is 10.0 Å². The topological polar surface area (TPSA) is 59.5 Å². The summed E-state index contributed by atoms with van der Waals surface area (Å²) in [5.74, 6) is 0.577. The molecule has 112 valence electrons. The van der Waals surface area contributed by atoms with Crippen LogP contribution in [0, 0.1) is 0 Å². The number of rotatable bonds is 4. The first kappa shape index (κ1) is 14.6. The summed E-state index contributed by atoms with van der Waals surface area (Å²) in [4.78, 5) is 4.45. The van der Waals surface area contributed by atoms with Gasteiger partial charge < -0.3 is 4.74 Å². The lowest BCUT2D eigenvalue weighted by molar-refractivity contribution is 0.306. The first-order chi connectivity index (χ1) is 9.89. The maximum atomic E-state index is 12.4. The molecule has 0 radical (unpaired) electrons. The second-order valence-electron chi connectivity index (χ2n) is 5.20. The van der Waals surface area contributed by atoms with Crippen molar-refractivity contribution in [2.75, 3.05) is 14.1 Å². The predicted octanol–water partition coefficient (Wildman–Crippen LogP) is 2.68. The van der Waals surface area contributed by atoms with Crippen LogP contribution in [0.4, 0.5) is 0 Å². The fourth-order valence-corrected chi connectivity index (χ4v) is 3.25. The molecule has 7 heteroatoms. The van der Waals surface area contributed by atoms with Crippen LogP contribution in [0.25, 0.3) is 10.9 Å². The monoisotopic (exact) mass is 326 g/mol. The molecule has 1 aromatic carbocycles. The SMILES string of the molecule is CN(C)S(=O)(=O)c1ccc(OC2CC2)c2nc(Cl)ccc12. The lowest BCUT2D eigenvalue weighted by Gasteiger charge is -2.15. The highest BCUT2D eigenvalue weighted by molar-refractivity contribution is 7.89. The van der Waals surface area contributed by atoms with Gasteiger partial charge >= 0.3 is 0 Å². The number of hydrogen-bond donors (Lipinski definition) is 0. The molecule has 2 aromatic rings. The van der Waals surface area contributed by atoms with Crippen molar-refractivity contribution < 1.29 is 13.2 Å². The third kappa shape index (κ3) is 2.71. The molecule has 1 aromatic heterocycles. The Bertz CT molecular complexity index is 801. The molecular formula is C14H15ClN2O3S. The third-order valence-corrected chi connectivity index (χ3v) is 5.41. The summed E-state index contributed by atoms with van der Waals surface area (Å²) < 4.78 is 31.8. The quantitative estimate of drug-likeness (QED) is 0.810. The summed E-state index contributed by atoms with van der Waals surface area (Å²) in [6.07, 6.45) is 2.23. The largest absolute Gasteiger partial charge is 0.488 e. The number of fused-ring (bicyclic) bond motifs is 1. The summed E-state index contributed by atoms with van der Waals surface area (Å²) in [7, 11) is -0.553. The number of aromatic nitrogens is 1. The van der Waals surface area contributed by atoms with E-state index in [1.807, 2.05) is 0 Å². The van der Waals surface area contributed by atoms with E-state index in [1.54, 1.807) is 24.3 Å². The zero-order valence-electron chi connectivity index (χ0n) is 11.7. The van der Waals surface area contributed by atoms with E-state index < -0.39 is 10.0 Å². The van der Waals surface area contributed by atoms with Crippen molar-refractivity contribution in [2.24, 2.45) is 0 Å². The molecule has 1 aliphatic rings. The van der Waals surface area contributed by atoms with E-state index in [-0.39, 0.29) is 11.0 Å². The van der Waals surface area contributed by atoms with Gasteiger partial charge in [-0.3, -0.25) is 0 Å². The van der Waals surface area contributed by atoms with Crippen molar-refractivity contribution in [2.45, 2.75) is 23.8 Å².